The molecule has 12 heavy (non-hydrogen) atoms. The van der Waals surface area contributed by atoms with Gasteiger partial charge in [0.1, 0.15) is 15.9 Å². The van der Waals surface area contributed by atoms with Crippen molar-refractivity contribution in [2.24, 2.45) is 0 Å². The first-order valence-corrected chi connectivity index (χ1v) is 4.38. The number of hydrogen-bond acceptors (Lipinski definition) is 2. The van der Waals surface area contributed by atoms with Crippen LogP contribution in [0.25, 0.3) is 5.52 Å². The molecule has 2 N–H and O–H groups in total. The van der Waals surface area contributed by atoms with Gasteiger partial charge in [-0.05, 0) is 35.0 Å². The van der Waals surface area contributed by atoms with Crippen LogP contribution in [0, 0.1) is 6.92 Å². The molecule has 0 spiro atoms. The zero-order chi connectivity index (χ0) is 8.72. The number of aryl methyl sites for hydroxylation is 1. The van der Waals surface area contributed by atoms with Gasteiger partial charge in [0.15, 0.2) is 0 Å². The molecule has 2 heterocycles. The van der Waals surface area contributed by atoms with Crippen LogP contribution in [-0.2, 0) is 0 Å². The fourth-order valence-corrected chi connectivity index (χ4v) is 1.94. The van der Waals surface area contributed by atoms with Gasteiger partial charge in [-0.25, -0.2) is 4.98 Å². The molecule has 0 radical (unpaired) electrons. The van der Waals surface area contributed by atoms with Gasteiger partial charge in [0.25, 0.3) is 0 Å². The van der Waals surface area contributed by atoms with Gasteiger partial charge >= 0.3 is 0 Å². The Kier molecular flexibility index (Phi) is 1.58. The highest BCUT2D eigenvalue weighted by Crippen LogP contribution is 2.23. The number of nitrogens with two attached hydrogens (primary N) is 1. The highest BCUT2D eigenvalue weighted by Gasteiger charge is 2.06. The van der Waals surface area contributed by atoms with Gasteiger partial charge in [-0.15, -0.1) is 0 Å². The summed E-state index contributed by atoms with van der Waals surface area (Å²) in [5, 5.41) is 0. The largest absolute Gasteiger partial charge is 0.397 e. The van der Waals surface area contributed by atoms with Gasteiger partial charge in [0, 0.05) is 6.20 Å². The average molecular weight is 226 g/mol. The molecular formula is C8H8BrN3. The van der Waals surface area contributed by atoms with Crippen molar-refractivity contribution in [1.82, 2.24) is 9.38 Å². The van der Waals surface area contributed by atoms with Crippen LogP contribution in [0.1, 0.15) is 5.82 Å². The van der Waals surface area contributed by atoms with E-state index >= 15 is 0 Å². The molecule has 4 heteroatoms. The predicted octanol–water partition coefficient (Wildman–Crippen LogP) is 1.99. The second kappa shape index (κ2) is 2.48. The third-order valence-electron chi connectivity index (χ3n) is 1.83. The summed E-state index contributed by atoms with van der Waals surface area (Å²) in [5.41, 5.74) is 7.46. The summed E-state index contributed by atoms with van der Waals surface area (Å²) in [7, 11) is 0. The van der Waals surface area contributed by atoms with E-state index < -0.39 is 0 Å². The van der Waals surface area contributed by atoms with E-state index in [0.717, 1.165) is 21.6 Å². The summed E-state index contributed by atoms with van der Waals surface area (Å²) in [6.45, 7) is 1.94. The first-order valence-electron chi connectivity index (χ1n) is 3.59. The number of rotatable bonds is 0. The van der Waals surface area contributed by atoms with Gasteiger partial charge in [-0.1, -0.05) is 0 Å². The molecule has 0 amide bonds. The standard InChI is InChI=1S/C8H8BrN3/c1-5-11-8(9)7-6(10)3-2-4-12(5)7/h2-4H,10H2,1H3. The van der Waals surface area contributed by atoms with Crippen molar-refractivity contribution >= 4 is 27.1 Å². The summed E-state index contributed by atoms with van der Waals surface area (Å²) in [5.74, 6) is 0.934. The van der Waals surface area contributed by atoms with Crippen LogP contribution in [0.4, 0.5) is 5.69 Å². The minimum Gasteiger partial charge on any atom is -0.397 e. The lowest BCUT2D eigenvalue weighted by Gasteiger charge is -1.98. The highest BCUT2D eigenvalue weighted by atomic mass is 79.9. The van der Waals surface area contributed by atoms with E-state index in [0.29, 0.717) is 0 Å². The molecule has 0 atom stereocenters. The molecule has 0 aliphatic rings. The number of halogens is 1. The predicted molar refractivity (Wildman–Crippen MR) is 52.0 cm³/mol. The summed E-state index contributed by atoms with van der Waals surface area (Å²) in [6, 6.07) is 3.77. The Balaban J connectivity index is 2.99. The van der Waals surface area contributed by atoms with Crippen molar-refractivity contribution in [3.05, 3.63) is 28.8 Å². The maximum Gasteiger partial charge on any atom is 0.134 e. The molecular weight excluding hydrogens is 218 g/mol. The Morgan fingerprint density at radius 1 is 1.58 bits per heavy atom. The molecule has 0 saturated carbocycles. The summed E-state index contributed by atoms with van der Waals surface area (Å²) in [6.07, 6.45) is 1.94. The summed E-state index contributed by atoms with van der Waals surface area (Å²) in [4.78, 5) is 4.25. The fraction of sp³-hybridized carbons (Fsp3) is 0.125. The van der Waals surface area contributed by atoms with Crippen LogP contribution in [0.2, 0.25) is 0 Å². The van der Waals surface area contributed by atoms with Gasteiger partial charge < -0.3 is 10.1 Å². The Hall–Kier alpha value is -1.03. The van der Waals surface area contributed by atoms with Crippen molar-refractivity contribution < 1.29 is 0 Å². The van der Waals surface area contributed by atoms with E-state index in [9.17, 15) is 0 Å². The maximum atomic E-state index is 5.78. The van der Waals surface area contributed by atoms with Gasteiger partial charge in [0.05, 0.1) is 5.69 Å². The van der Waals surface area contributed by atoms with E-state index in [-0.39, 0.29) is 0 Å². The van der Waals surface area contributed by atoms with E-state index in [1.54, 1.807) is 0 Å². The van der Waals surface area contributed by atoms with Crippen molar-refractivity contribution in [3.63, 3.8) is 0 Å². The molecule has 62 valence electrons. The van der Waals surface area contributed by atoms with Crippen LogP contribution in [0.15, 0.2) is 22.9 Å². The molecule has 0 saturated heterocycles. The molecule has 0 unspecified atom stereocenters. The van der Waals surface area contributed by atoms with Gasteiger partial charge in [-0.2, -0.15) is 0 Å². The van der Waals surface area contributed by atoms with Crippen LogP contribution in [0.3, 0.4) is 0 Å². The van der Waals surface area contributed by atoms with E-state index in [2.05, 4.69) is 20.9 Å². The SMILES string of the molecule is Cc1nc(Br)c2c(N)cccn12. The number of imidazole rings is 1. The van der Waals surface area contributed by atoms with Crippen molar-refractivity contribution in [1.29, 1.82) is 0 Å². The van der Waals surface area contributed by atoms with Crippen LogP contribution < -0.4 is 5.73 Å². The van der Waals surface area contributed by atoms with Crippen LogP contribution in [0.5, 0.6) is 0 Å². The Morgan fingerprint density at radius 2 is 2.33 bits per heavy atom. The number of hydrogen-bond donors (Lipinski definition) is 1. The average Bonchev–Trinajstić information content (AvgIpc) is 2.29. The normalized spacial score (nSPS) is 10.8. The third-order valence-corrected chi connectivity index (χ3v) is 2.38. The number of nitrogen functional groups attached to an aromatic ring is 1. The van der Waals surface area contributed by atoms with Crippen molar-refractivity contribution in [2.45, 2.75) is 6.92 Å². The Bertz CT molecular complexity index is 433. The van der Waals surface area contributed by atoms with Crippen molar-refractivity contribution in [2.75, 3.05) is 5.73 Å². The lowest BCUT2D eigenvalue weighted by atomic mass is 10.3. The zero-order valence-corrected chi connectivity index (χ0v) is 8.17. The first-order chi connectivity index (χ1) is 5.70. The quantitative estimate of drug-likeness (QED) is 0.746. The lowest BCUT2D eigenvalue weighted by molar-refractivity contribution is 1.04. The Labute approximate surface area is 78.3 Å². The number of pyridine rings is 1. The second-order valence-electron chi connectivity index (χ2n) is 2.63. The van der Waals surface area contributed by atoms with E-state index in [1.807, 2.05) is 29.7 Å². The minimum absolute atomic E-state index is 0.741. The topological polar surface area (TPSA) is 43.3 Å². The van der Waals surface area contributed by atoms with Gasteiger partial charge in [-0.3, -0.25) is 0 Å². The molecule has 0 bridgehead atoms. The van der Waals surface area contributed by atoms with Crippen LogP contribution >= 0.6 is 15.9 Å². The highest BCUT2D eigenvalue weighted by molar-refractivity contribution is 9.10. The second-order valence-corrected chi connectivity index (χ2v) is 3.38. The number of anilines is 1. The molecule has 0 aliphatic carbocycles. The molecule has 2 aromatic heterocycles. The van der Waals surface area contributed by atoms with E-state index in [4.69, 9.17) is 5.73 Å². The van der Waals surface area contributed by atoms with Gasteiger partial charge in [0.2, 0.25) is 0 Å². The minimum atomic E-state index is 0.741. The molecule has 0 fully saturated rings. The number of nitrogens with zero attached hydrogens (tertiary/aromatic N) is 2. The van der Waals surface area contributed by atoms with E-state index in [1.165, 1.54) is 0 Å². The third kappa shape index (κ3) is 0.914. The first kappa shape index (κ1) is 7.61. The molecule has 0 aromatic carbocycles. The number of fused-ring (bicyclic) bond motifs is 1. The summed E-state index contributed by atoms with van der Waals surface area (Å²) < 4.78 is 2.76. The molecule has 2 rings (SSSR count). The molecule has 3 nitrogen and oxygen atoms in total. The molecule has 2 aromatic rings. The monoisotopic (exact) mass is 225 g/mol. The fourth-order valence-electron chi connectivity index (χ4n) is 1.26. The number of aromatic nitrogens is 2. The maximum absolute atomic E-state index is 5.78. The zero-order valence-electron chi connectivity index (χ0n) is 6.58. The Morgan fingerprint density at radius 3 is 3.00 bits per heavy atom. The van der Waals surface area contributed by atoms with Crippen LogP contribution in [-0.4, -0.2) is 9.38 Å². The lowest BCUT2D eigenvalue weighted by Crippen LogP contribution is -1.91. The van der Waals surface area contributed by atoms with Crippen molar-refractivity contribution in [3.8, 4) is 0 Å². The summed E-state index contributed by atoms with van der Waals surface area (Å²) >= 11 is 3.36. The smallest absolute Gasteiger partial charge is 0.134 e. The molecule has 0 aliphatic heterocycles.